The molecule has 2 aromatic carbocycles. The van der Waals surface area contributed by atoms with Crippen LogP contribution in [0.3, 0.4) is 0 Å². The minimum Gasteiger partial charge on any atom is -0.453 e. The Balaban J connectivity index is 1.45. The summed E-state index contributed by atoms with van der Waals surface area (Å²) in [5.41, 5.74) is 1.47. The number of amides is 1. The van der Waals surface area contributed by atoms with E-state index >= 15 is 0 Å². The van der Waals surface area contributed by atoms with E-state index in [4.69, 9.17) is 4.74 Å². The summed E-state index contributed by atoms with van der Waals surface area (Å²) in [4.78, 5) is 16.9. The number of pyridine rings is 1. The normalized spacial score (nSPS) is 14.5. The van der Waals surface area contributed by atoms with E-state index in [0.29, 0.717) is 30.0 Å². The zero-order valence-electron chi connectivity index (χ0n) is 18.8. The molecule has 1 amide bonds. The summed E-state index contributed by atoms with van der Waals surface area (Å²) in [6, 6.07) is 12.4. The Bertz CT molecular complexity index is 1280. The number of ether oxygens (including phenoxy) is 1. The first-order valence-electron chi connectivity index (χ1n) is 11.1. The van der Waals surface area contributed by atoms with Crippen molar-refractivity contribution in [3.05, 3.63) is 83.4 Å². The van der Waals surface area contributed by atoms with Crippen LogP contribution in [0.15, 0.2) is 65.8 Å². The van der Waals surface area contributed by atoms with Gasteiger partial charge in [-0.1, -0.05) is 18.6 Å². The van der Waals surface area contributed by atoms with E-state index in [1.54, 1.807) is 37.4 Å². The average Bonchev–Trinajstić information content (AvgIpc) is 2.85. The number of sulfonamides is 1. The molecule has 0 saturated carbocycles. The van der Waals surface area contributed by atoms with Gasteiger partial charge in [0.1, 0.15) is 5.75 Å². The monoisotopic (exact) mass is 483 g/mol. The second kappa shape index (κ2) is 10.3. The van der Waals surface area contributed by atoms with Crippen molar-refractivity contribution in [2.45, 2.75) is 37.6 Å². The minimum atomic E-state index is -3.65. The van der Waals surface area contributed by atoms with Gasteiger partial charge in [-0.25, -0.2) is 12.8 Å². The summed E-state index contributed by atoms with van der Waals surface area (Å²) in [7, 11) is -3.65. The number of hydrogen-bond donors (Lipinski definition) is 1. The van der Waals surface area contributed by atoms with Gasteiger partial charge in [-0.15, -0.1) is 0 Å². The molecular formula is C25H26FN3O4S. The van der Waals surface area contributed by atoms with Gasteiger partial charge in [0.25, 0.3) is 5.91 Å². The zero-order chi connectivity index (χ0) is 24.1. The summed E-state index contributed by atoms with van der Waals surface area (Å²) >= 11 is 0. The lowest BCUT2D eigenvalue weighted by molar-refractivity contribution is 0.0950. The number of aryl methyl sites for hydroxylation is 1. The average molecular weight is 484 g/mol. The molecule has 1 aliphatic heterocycles. The first-order valence-corrected chi connectivity index (χ1v) is 12.5. The minimum absolute atomic E-state index is 0.0505. The molecule has 1 aromatic heterocycles. The van der Waals surface area contributed by atoms with Gasteiger partial charge < -0.3 is 10.1 Å². The fraction of sp³-hybridized carbons (Fsp3) is 0.280. The van der Waals surface area contributed by atoms with Crippen LogP contribution >= 0.6 is 0 Å². The van der Waals surface area contributed by atoms with Gasteiger partial charge in [0.2, 0.25) is 10.0 Å². The Hall–Kier alpha value is -3.30. The standard InChI is InChI=1S/C25H26FN3O4S/c1-18-7-9-21(34(31,32)29-12-3-2-4-13-29)15-22(18)25(30)28-16-19-8-10-24(23(26)14-19)33-20-6-5-11-27-17-20/h5-11,14-15,17H,2-4,12-13,16H2,1H3,(H,28,30). The summed E-state index contributed by atoms with van der Waals surface area (Å²) in [5, 5.41) is 2.75. The quantitative estimate of drug-likeness (QED) is 0.537. The van der Waals surface area contributed by atoms with Crippen molar-refractivity contribution < 1.29 is 22.3 Å². The Morgan fingerprint density at radius 2 is 1.91 bits per heavy atom. The van der Waals surface area contributed by atoms with E-state index < -0.39 is 21.7 Å². The van der Waals surface area contributed by atoms with Gasteiger partial charge >= 0.3 is 0 Å². The van der Waals surface area contributed by atoms with Crippen LogP contribution in [-0.4, -0.2) is 36.7 Å². The van der Waals surface area contributed by atoms with Crippen LogP contribution in [-0.2, 0) is 16.6 Å². The molecule has 7 nitrogen and oxygen atoms in total. The Morgan fingerprint density at radius 1 is 1.12 bits per heavy atom. The smallest absolute Gasteiger partial charge is 0.251 e. The third kappa shape index (κ3) is 5.43. The second-order valence-electron chi connectivity index (χ2n) is 8.18. The number of carbonyl (C=O) groups is 1. The lowest BCUT2D eigenvalue weighted by atomic mass is 10.1. The van der Waals surface area contributed by atoms with Crippen molar-refractivity contribution in [1.82, 2.24) is 14.6 Å². The summed E-state index contributed by atoms with van der Waals surface area (Å²) in [5.74, 6) is -0.530. The molecule has 34 heavy (non-hydrogen) atoms. The molecule has 1 fully saturated rings. The predicted molar refractivity (Wildman–Crippen MR) is 126 cm³/mol. The molecule has 9 heteroatoms. The lowest BCUT2D eigenvalue weighted by Crippen LogP contribution is -2.35. The number of halogens is 1. The van der Waals surface area contributed by atoms with Crippen LogP contribution in [0.25, 0.3) is 0 Å². The first-order chi connectivity index (χ1) is 16.3. The molecule has 1 N–H and O–H groups in total. The van der Waals surface area contributed by atoms with Gasteiger partial charge in [0.05, 0.1) is 11.1 Å². The van der Waals surface area contributed by atoms with Crippen molar-refractivity contribution in [3.63, 3.8) is 0 Å². The third-order valence-electron chi connectivity index (χ3n) is 5.72. The van der Waals surface area contributed by atoms with Crippen LogP contribution < -0.4 is 10.1 Å². The number of hydrogen-bond acceptors (Lipinski definition) is 5. The highest BCUT2D eigenvalue weighted by Gasteiger charge is 2.27. The SMILES string of the molecule is Cc1ccc(S(=O)(=O)N2CCCCC2)cc1C(=O)NCc1ccc(Oc2cccnc2)c(F)c1. The maximum absolute atomic E-state index is 14.5. The molecule has 0 bridgehead atoms. The molecule has 0 unspecified atom stereocenters. The fourth-order valence-corrected chi connectivity index (χ4v) is 5.35. The number of nitrogens with zero attached hydrogens (tertiary/aromatic N) is 2. The summed E-state index contributed by atoms with van der Waals surface area (Å²) in [6.45, 7) is 2.80. The van der Waals surface area contributed by atoms with E-state index in [-0.39, 0.29) is 22.8 Å². The maximum Gasteiger partial charge on any atom is 0.251 e. The Labute approximate surface area is 198 Å². The predicted octanol–water partition coefficient (Wildman–Crippen LogP) is 4.43. The Kier molecular flexibility index (Phi) is 7.23. The van der Waals surface area contributed by atoms with Crippen molar-refractivity contribution in [2.24, 2.45) is 0 Å². The number of rotatable bonds is 7. The van der Waals surface area contributed by atoms with E-state index in [0.717, 1.165) is 19.3 Å². The van der Waals surface area contributed by atoms with Crippen LogP contribution in [0.4, 0.5) is 4.39 Å². The summed E-state index contributed by atoms with van der Waals surface area (Å²) < 4.78 is 47.4. The van der Waals surface area contributed by atoms with Crippen molar-refractivity contribution in [1.29, 1.82) is 0 Å². The fourth-order valence-electron chi connectivity index (χ4n) is 3.81. The van der Waals surface area contributed by atoms with Crippen LogP contribution in [0.5, 0.6) is 11.5 Å². The molecule has 1 saturated heterocycles. The van der Waals surface area contributed by atoms with Gasteiger partial charge in [0, 0.05) is 31.4 Å². The van der Waals surface area contributed by atoms with Gasteiger partial charge in [-0.2, -0.15) is 4.31 Å². The van der Waals surface area contributed by atoms with E-state index in [2.05, 4.69) is 10.3 Å². The lowest BCUT2D eigenvalue weighted by Gasteiger charge is -2.26. The second-order valence-corrected chi connectivity index (χ2v) is 10.1. The van der Waals surface area contributed by atoms with E-state index in [1.165, 1.54) is 34.8 Å². The number of carbonyl (C=O) groups excluding carboxylic acids is 1. The van der Waals surface area contributed by atoms with E-state index in [1.807, 2.05) is 0 Å². The molecule has 2 heterocycles. The number of benzene rings is 2. The molecule has 0 radical (unpaired) electrons. The molecule has 4 rings (SSSR count). The summed E-state index contributed by atoms with van der Waals surface area (Å²) in [6.07, 6.45) is 5.76. The number of nitrogens with one attached hydrogen (secondary N) is 1. The molecule has 0 aliphatic carbocycles. The first kappa shape index (κ1) is 23.8. The van der Waals surface area contributed by atoms with Crippen LogP contribution in [0.2, 0.25) is 0 Å². The van der Waals surface area contributed by atoms with Crippen LogP contribution in [0, 0.1) is 12.7 Å². The molecule has 1 aliphatic rings. The van der Waals surface area contributed by atoms with Gasteiger partial charge in [-0.05, 0) is 67.3 Å². The van der Waals surface area contributed by atoms with Crippen LogP contribution in [0.1, 0.15) is 40.7 Å². The van der Waals surface area contributed by atoms with Gasteiger partial charge in [0.15, 0.2) is 11.6 Å². The maximum atomic E-state index is 14.5. The highest BCUT2D eigenvalue weighted by molar-refractivity contribution is 7.89. The van der Waals surface area contributed by atoms with Crippen molar-refractivity contribution >= 4 is 15.9 Å². The molecule has 178 valence electrons. The molecule has 0 atom stereocenters. The third-order valence-corrected chi connectivity index (χ3v) is 7.61. The molecule has 3 aromatic rings. The van der Waals surface area contributed by atoms with Gasteiger partial charge in [-0.3, -0.25) is 9.78 Å². The number of aromatic nitrogens is 1. The highest BCUT2D eigenvalue weighted by atomic mass is 32.2. The highest BCUT2D eigenvalue weighted by Crippen LogP contribution is 2.25. The topological polar surface area (TPSA) is 88.6 Å². The van der Waals surface area contributed by atoms with Crippen molar-refractivity contribution in [2.75, 3.05) is 13.1 Å². The number of piperidine rings is 1. The largest absolute Gasteiger partial charge is 0.453 e. The molecular weight excluding hydrogens is 457 g/mol. The molecule has 0 spiro atoms. The zero-order valence-corrected chi connectivity index (χ0v) is 19.6. The van der Waals surface area contributed by atoms with E-state index in [9.17, 15) is 17.6 Å². The Morgan fingerprint density at radius 3 is 2.62 bits per heavy atom. The van der Waals surface area contributed by atoms with Crippen molar-refractivity contribution in [3.8, 4) is 11.5 Å².